The summed E-state index contributed by atoms with van der Waals surface area (Å²) in [5.74, 6) is 0.124. The SMILES string of the molecule is C[C@H](NC(=O)CCCCl)c1cccc(F)c1. The van der Waals surface area contributed by atoms with E-state index in [0.717, 1.165) is 5.56 Å². The molecule has 4 heteroatoms. The van der Waals surface area contributed by atoms with E-state index in [1.165, 1.54) is 12.1 Å². The first-order valence-corrected chi connectivity index (χ1v) is 5.77. The van der Waals surface area contributed by atoms with Crippen LogP contribution in [0.15, 0.2) is 24.3 Å². The lowest BCUT2D eigenvalue weighted by atomic mass is 10.1. The largest absolute Gasteiger partial charge is 0.350 e. The molecule has 2 nitrogen and oxygen atoms in total. The molecule has 0 unspecified atom stereocenters. The number of hydrogen-bond acceptors (Lipinski definition) is 1. The molecule has 1 amide bonds. The highest BCUT2D eigenvalue weighted by Crippen LogP contribution is 2.13. The third-order valence-corrected chi connectivity index (χ3v) is 2.53. The molecule has 0 fully saturated rings. The van der Waals surface area contributed by atoms with Gasteiger partial charge in [-0.2, -0.15) is 0 Å². The summed E-state index contributed by atoms with van der Waals surface area (Å²) in [7, 11) is 0. The minimum Gasteiger partial charge on any atom is -0.350 e. The van der Waals surface area contributed by atoms with Crippen molar-refractivity contribution in [1.82, 2.24) is 5.32 Å². The van der Waals surface area contributed by atoms with Crippen molar-refractivity contribution in [3.63, 3.8) is 0 Å². The zero-order valence-electron chi connectivity index (χ0n) is 9.17. The lowest BCUT2D eigenvalue weighted by Crippen LogP contribution is -2.26. The molecule has 0 aliphatic rings. The monoisotopic (exact) mass is 243 g/mol. The highest BCUT2D eigenvalue weighted by atomic mass is 35.5. The third kappa shape index (κ3) is 4.19. The Kier molecular flexibility index (Phi) is 5.26. The molecule has 0 aliphatic heterocycles. The molecule has 1 atom stereocenters. The van der Waals surface area contributed by atoms with E-state index in [-0.39, 0.29) is 17.8 Å². The number of nitrogens with one attached hydrogen (secondary N) is 1. The van der Waals surface area contributed by atoms with Crippen molar-refractivity contribution in [2.24, 2.45) is 0 Å². The molecule has 0 aromatic heterocycles. The molecule has 16 heavy (non-hydrogen) atoms. The zero-order valence-corrected chi connectivity index (χ0v) is 9.93. The van der Waals surface area contributed by atoms with E-state index < -0.39 is 0 Å². The summed E-state index contributed by atoms with van der Waals surface area (Å²) in [6.45, 7) is 1.83. The quantitative estimate of drug-likeness (QED) is 0.792. The summed E-state index contributed by atoms with van der Waals surface area (Å²) in [6, 6.07) is 6.04. The smallest absolute Gasteiger partial charge is 0.220 e. The maximum Gasteiger partial charge on any atom is 0.220 e. The van der Waals surface area contributed by atoms with Crippen molar-refractivity contribution >= 4 is 17.5 Å². The van der Waals surface area contributed by atoms with Gasteiger partial charge in [0.05, 0.1) is 6.04 Å². The molecule has 0 bridgehead atoms. The van der Waals surface area contributed by atoms with Crippen LogP contribution in [0.2, 0.25) is 0 Å². The number of amides is 1. The molecule has 0 aliphatic carbocycles. The van der Waals surface area contributed by atoms with Gasteiger partial charge in [-0.1, -0.05) is 12.1 Å². The normalized spacial score (nSPS) is 12.2. The van der Waals surface area contributed by atoms with Crippen LogP contribution in [0, 0.1) is 5.82 Å². The highest BCUT2D eigenvalue weighted by molar-refractivity contribution is 6.17. The van der Waals surface area contributed by atoms with Crippen molar-refractivity contribution in [3.8, 4) is 0 Å². The minimum atomic E-state index is -0.292. The van der Waals surface area contributed by atoms with E-state index in [1.54, 1.807) is 12.1 Å². The number of alkyl halides is 1. The van der Waals surface area contributed by atoms with Crippen LogP contribution in [0.25, 0.3) is 0 Å². The molecule has 0 spiro atoms. The molecular formula is C12H15ClFNO. The Labute approximate surface area is 99.8 Å². The average Bonchev–Trinajstić information content (AvgIpc) is 2.26. The van der Waals surface area contributed by atoms with E-state index in [0.29, 0.717) is 18.7 Å². The van der Waals surface area contributed by atoms with Gasteiger partial charge >= 0.3 is 0 Å². The number of carbonyl (C=O) groups excluding carboxylic acids is 1. The van der Waals surface area contributed by atoms with Crippen LogP contribution in [0.1, 0.15) is 31.4 Å². The maximum atomic E-state index is 12.9. The number of rotatable bonds is 5. The average molecular weight is 244 g/mol. The molecule has 0 saturated carbocycles. The summed E-state index contributed by atoms with van der Waals surface area (Å²) in [5.41, 5.74) is 0.763. The Hall–Kier alpha value is -1.09. The van der Waals surface area contributed by atoms with Crippen molar-refractivity contribution in [1.29, 1.82) is 0 Å². The number of hydrogen-bond donors (Lipinski definition) is 1. The van der Waals surface area contributed by atoms with E-state index >= 15 is 0 Å². The van der Waals surface area contributed by atoms with Crippen molar-refractivity contribution < 1.29 is 9.18 Å². The van der Waals surface area contributed by atoms with Crippen molar-refractivity contribution in [2.45, 2.75) is 25.8 Å². The standard InChI is InChI=1S/C12H15ClFNO/c1-9(15-12(16)6-3-7-13)10-4-2-5-11(14)8-10/h2,4-5,8-9H,3,6-7H2,1H3,(H,15,16)/t9-/m0/s1. The molecule has 1 aromatic rings. The van der Waals surface area contributed by atoms with Gasteiger partial charge in [0, 0.05) is 12.3 Å². The summed E-state index contributed by atoms with van der Waals surface area (Å²) >= 11 is 5.49. The Balaban J connectivity index is 2.52. The fourth-order valence-corrected chi connectivity index (χ4v) is 1.53. The van der Waals surface area contributed by atoms with Gasteiger partial charge in [-0.05, 0) is 31.0 Å². The van der Waals surface area contributed by atoms with Crippen LogP contribution in [-0.4, -0.2) is 11.8 Å². The maximum absolute atomic E-state index is 12.9. The number of halogens is 2. The lowest BCUT2D eigenvalue weighted by molar-refractivity contribution is -0.121. The van der Waals surface area contributed by atoms with Gasteiger partial charge < -0.3 is 5.32 Å². The van der Waals surface area contributed by atoms with Crippen LogP contribution < -0.4 is 5.32 Å². The predicted octanol–water partition coefficient (Wildman–Crippen LogP) is 3.02. The molecule has 1 N–H and O–H groups in total. The number of carbonyl (C=O) groups is 1. The third-order valence-electron chi connectivity index (χ3n) is 2.26. The van der Waals surface area contributed by atoms with Crippen LogP contribution >= 0.6 is 11.6 Å². The molecule has 0 heterocycles. The Morgan fingerprint density at radius 2 is 2.31 bits per heavy atom. The first-order chi connectivity index (χ1) is 7.63. The minimum absolute atomic E-state index is 0.0580. The second-order valence-electron chi connectivity index (χ2n) is 3.64. The van der Waals surface area contributed by atoms with Crippen LogP contribution in [-0.2, 0) is 4.79 Å². The van der Waals surface area contributed by atoms with E-state index in [1.807, 2.05) is 6.92 Å². The van der Waals surface area contributed by atoms with Crippen molar-refractivity contribution in [3.05, 3.63) is 35.6 Å². The van der Waals surface area contributed by atoms with E-state index in [2.05, 4.69) is 5.32 Å². The molecule has 1 rings (SSSR count). The summed E-state index contributed by atoms with van der Waals surface area (Å²) in [5, 5.41) is 2.79. The van der Waals surface area contributed by atoms with Crippen molar-refractivity contribution in [2.75, 3.05) is 5.88 Å². The fourth-order valence-electron chi connectivity index (χ4n) is 1.40. The number of benzene rings is 1. The van der Waals surface area contributed by atoms with Crippen LogP contribution in [0.5, 0.6) is 0 Å². The molecule has 88 valence electrons. The molecule has 0 saturated heterocycles. The van der Waals surface area contributed by atoms with Gasteiger partial charge in [0.2, 0.25) is 5.91 Å². The van der Waals surface area contributed by atoms with Gasteiger partial charge in [0.1, 0.15) is 5.82 Å². The Bertz CT molecular complexity index is 357. The Morgan fingerprint density at radius 3 is 2.94 bits per heavy atom. The molecular weight excluding hydrogens is 229 g/mol. The topological polar surface area (TPSA) is 29.1 Å². The van der Waals surface area contributed by atoms with E-state index in [9.17, 15) is 9.18 Å². The Morgan fingerprint density at radius 1 is 1.56 bits per heavy atom. The summed E-state index contributed by atoms with van der Waals surface area (Å²) < 4.78 is 12.9. The van der Waals surface area contributed by atoms with Crippen LogP contribution in [0.3, 0.4) is 0 Å². The second-order valence-corrected chi connectivity index (χ2v) is 4.01. The molecule has 0 radical (unpaired) electrons. The molecule has 1 aromatic carbocycles. The fraction of sp³-hybridized carbons (Fsp3) is 0.417. The van der Waals surface area contributed by atoms with Gasteiger partial charge in [0.25, 0.3) is 0 Å². The summed E-state index contributed by atoms with van der Waals surface area (Å²) in [4.78, 5) is 11.4. The lowest BCUT2D eigenvalue weighted by Gasteiger charge is -2.14. The first kappa shape index (κ1) is 13.0. The first-order valence-electron chi connectivity index (χ1n) is 5.24. The zero-order chi connectivity index (χ0) is 12.0. The van der Waals surface area contributed by atoms with Gasteiger partial charge in [-0.25, -0.2) is 4.39 Å². The van der Waals surface area contributed by atoms with Gasteiger partial charge in [0.15, 0.2) is 0 Å². The van der Waals surface area contributed by atoms with E-state index in [4.69, 9.17) is 11.6 Å². The summed E-state index contributed by atoms with van der Waals surface area (Å²) in [6.07, 6.45) is 1.06. The van der Waals surface area contributed by atoms with Gasteiger partial charge in [-0.15, -0.1) is 11.6 Å². The van der Waals surface area contributed by atoms with Crippen LogP contribution in [0.4, 0.5) is 4.39 Å². The highest BCUT2D eigenvalue weighted by Gasteiger charge is 2.09. The predicted molar refractivity (Wildman–Crippen MR) is 62.9 cm³/mol. The van der Waals surface area contributed by atoms with Gasteiger partial charge in [-0.3, -0.25) is 4.79 Å². The second kappa shape index (κ2) is 6.48.